The van der Waals surface area contributed by atoms with Crippen molar-refractivity contribution in [1.29, 1.82) is 0 Å². The monoisotopic (exact) mass is 484 g/mol. The lowest BCUT2D eigenvalue weighted by Crippen LogP contribution is -2.13. The topological polar surface area (TPSA) is 9.23 Å². The smallest absolute Gasteiger partial charge is 0.167 e. The molecule has 1 saturated carbocycles. The molecule has 3 aromatic rings. The zero-order valence-electron chi connectivity index (χ0n) is 20.4. The fraction of sp³-hybridized carbons (Fsp3) is 0.400. The standard InChI is InChI=1S/C30H32F4O/c1-3-35-18-24-15-17-26(30(34)28(24)32)22-11-6-20(7-12-22)8-13-23-14-16-25(29(33)27(23)31)21-9-4-19(2)5-10-21/h6-7,11-12,14-17,19,21H,3-5,8-10,13,18H2,1-2H3. The van der Waals surface area contributed by atoms with Gasteiger partial charge in [0.2, 0.25) is 0 Å². The van der Waals surface area contributed by atoms with Crippen LogP contribution in [0.2, 0.25) is 0 Å². The van der Waals surface area contributed by atoms with Crippen LogP contribution >= 0.6 is 0 Å². The van der Waals surface area contributed by atoms with Gasteiger partial charge in [-0.1, -0.05) is 68.3 Å². The second kappa shape index (κ2) is 11.4. The summed E-state index contributed by atoms with van der Waals surface area (Å²) in [4.78, 5) is 0. The fourth-order valence-electron chi connectivity index (χ4n) is 4.95. The van der Waals surface area contributed by atoms with Crippen LogP contribution in [0.5, 0.6) is 0 Å². The first-order valence-corrected chi connectivity index (χ1v) is 12.5. The molecule has 5 heteroatoms. The third-order valence-electron chi connectivity index (χ3n) is 7.22. The minimum Gasteiger partial charge on any atom is -0.377 e. The number of halogens is 4. The maximum Gasteiger partial charge on any atom is 0.167 e. The molecule has 0 aromatic heterocycles. The van der Waals surface area contributed by atoms with Crippen LogP contribution in [0, 0.1) is 29.2 Å². The van der Waals surface area contributed by atoms with Gasteiger partial charge in [0.05, 0.1) is 6.61 Å². The summed E-state index contributed by atoms with van der Waals surface area (Å²) in [5.74, 6) is -2.50. The minimum absolute atomic E-state index is 0.0243. The van der Waals surface area contributed by atoms with Crippen LogP contribution in [0.25, 0.3) is 11.1 Å². The molecule has 0 spiro atoms. The van der Waals surface area contributed by atoms with Gasteiger partial charge >= 0.3 is 0 Å². The largest absolute Gasteiger partial charge is 0.377 e. The van der Waals surface area contributed by atoms with Gasteiger partial charge in [-0.25, -0.2) is 17.6 Å². The molecular formula is C30H32F4O. The number of aryl methyl sites for hydroxylation is 2. The fourth-order valence-corrected chi connectivity index (χ4v) is 4.95. The van der Waals surface area contributed by atoms with Gasteiger partial charge in [-0.15, -0.1) is 0 Å². The van der Waals surface area contributed by atoms with Gasteiger partial charge in [0.15, 0.2) is 23.3 Å². The van der Waals surface area contributed by atoms with E-state index in [1.807, 2.05) is 12.1 Å². The average Bonchev–Trinajstić information content (AvgIpc) is 2.87. The van der Waals surface area contributed by atoms with Crippen LogP contribution in [0.15, 0.2) is 48.5 Å². The van der Waals surface area contributed by atoms with Crippen LogP contribution in [0.3, 0.4) is 0 Å². The summed E-state index contributed by atoms with van der Waals surface area (Å²) in [5, 5.41) is 0. The van der Waals surface area contributed by atoms with Crippen molar-refractivity contribution >= 4 is 0 Å². The SMILES string of the molecule is CCOCc1ccc(-c2ccc(CCc3ccc(C4CCC(C)CC4)c(F)c3F)cc2)c(F)c1F. The van der Waals surface area contributed by atoms with Gasteiger partial charge in [0.1, 0.15) is 0 Å². The van der Waals surface area contributed by atoms with Crippen molar-refractivity contribution in [3.8, 4) is 11.1 Å². The Labute approximate surface area is 205 Å². The van der Waals surface area contributed by atoms with Gasteiger partial charge in [0, 0.05) is 17.7 Å². The van der Waals surface area contributed by atoms with Gasteiger partial charge in [-0.3, -0.25) is 0 Å². The molecule has 0 bridgehead atoms. The first-order valence-electron chi connectivity index (χ1n) is 12.5. The maximum absolute atomic E-state index is 14.8. The van der Waals surface area contributed by atoms with Crippen molar-refractivity contribution < 1.29 is 22.3 Å². The van der Waals surface area contributed by atoms with Gasteiger partial charge in [-0.05, 0) is 66.7 Å². The van der Waals surface area contributed by atoms with E-state index in [0.29, 0.717) is 42.1 Å². The number of benzene rings is 3. The van der Waals surface area contributed by atoms with Crippen molar-refractivity contribution in [2.75, 3.05) is 6.61 Å². The van der Waals surface area contributed by atoms with Crippen LogP contribution in [0.4, 0.5) is 17.6 Å². The second-order valence-corrected chi connectivity index (χ2v) is 9.63. The molecular weight excluding hydrogens is 452 g/mol. The Bertz CT molecular complexity index is 1150. The number of hydrogen-bond donors (Lipinski definition) is 0. The lowest BCUT2D eigenvalue weighted by Gasteiger charge is -2.27. The van der Waals surface area contributed by atoms with E-state index in [4.69, 9.17) is 4.74 Å². The molecule has 1 aliphatic carbocycles. The highest BCUT2D eigenvalue weighted by Crippen LogP contribution is 2.37. The second-order valence-electron chi connectivity index (χ2n) is 9.63. The summed E-state index contributed by atoms with van der Waals surface area (Å²) in [5.41, 5.74) is 2.68. The highest BCUT2D eigenvalue weighted by Gasteiger charge is 2.24. The quantitative estimate of drug-likeness (QED) is 0.291. The Morgan fingerprint density at radius 1 is 0.714 bits per heavy atom. The van der Waals surface area contributed by atoms with Crippen molar-refractivity contribution in [3.63, 3.8) is 0 Å². The molecule has 1 fully saturated rings. The van der Waals surface area contributed by atoms with Crippen LogP contribution in [0.1, 0.15) is 67.7 Å². The molecule has 35 heavy (non-hydrogen) atoms. The molecule has 0 N–H and O–H groups in total. The van der Waals surface area contributed by atoms with E-state index in [1.165, 1.54) is 6.07 Å². The molecule has 4 rings (SSSR count). The summed E-state index contributed by atoms with van der Waals surface area (Å²) in [6.45, 7) is 4.44. The lowest BCUT2D eigenvalue weighted by atomic mass is 9.79. The molecule has 186 valence electrons. The highest BCUT2D eigenvalue weighted by molar-refractivity contribution is 5.65. The predicted octanol–water partition coefficient (Wildman–Crippen LogP) is 8.53. The average molecular weight is 485 g/mol. The number of rotatable bonds is 8. The predicted molar refractivity (Wildman–Crippen MR) is 131 cm³/mol. The van der Waals surface area contributed by atoms with Crippen molar-refractivity contribution in [2.45, 2.75) is 64.9 Å². The Morgan fingerprint density at radius 2 is 1.37 bits per heavy atom. The minimum atomic E-state index is -0.903. The first-order chi connectivity index (χ1) is 16.9. The first kappa shape index (κ1) is 25.4. The third kappa shape index (κ3) is 5.78. The molecule has 0 atom stereocenters. The molecule has 0 saturated heterocycles. The molecule has 1 aliphatic rings. The number of ether oxygens (including phenoxy) is 1. The molecule has 0 amide bonds. The Morgan fingerprint density at radius 3 is 2.06 bits per heavy atom. The Balaban J connectivity index is 1.43. The van der Waals surface area contributed by atoms with E-state index in [0.717, 1.165) is 31.2 Å². The van der Waals surface area contributed by atoms with Crippen molar-refractivity contribution in [2.24, 2.45) is 5.92 Å². The summed E-state index contributed by atoms with van der Waals surface area (Å²) in [6.07, 6.45) is 4.79. The molecule has 0 unspecified atom stereocenters. The van der Waals surface area contributed by atoms with Crippen LogP contribution in [-0.2, 0) is 24.2 Å². The van der Waals surface area contributed by atoms with E-state index in [-0.39, 0.29) is 23.7 Å². The van der Waals surface area contributed by atoms with Gasteiger partial charge < -0.3 is 4.74 Å². The normalized spacial score (nSPS) is 18.1. The molecule has 3 aromatic carbocycles. The molecule has 0 heterocycles. The van der Waals surface area contributed by atoms with Crippen molar-refractivity contribution in [1.82, 2.24) is 0 Å². The summed E-state index contributed by atoms with van der Waals surface area (Å²) >= 11 is 0. The van der Waals surface area contributed by atoms with E-state index in [9.17, 15) is 17.6 Å². The Kier molecular flexibility index (Phi) is 8.27. The van der Waals surface area contributed by atoms with E-state index in [2.05, 4.69) is 6.92 Å². The summed E-state index contributed by atoms with van der Waals surface area (Å²) < 4.78 is 63.8. The van der Waals surface area contributed by atoms with Crippen LogP contribution < -0.4 is 0 Å². The summed E-state index contributed by atoms with van der Waals surface area (Å²) in [6, 6.07) is 13.6. The highest BCUT2D eigenvalue weighted by atomic mass is 19.2. The lowest BCUT2D eigenvalue weighted by molar-refractivity contribution is 0.131. The van der Waals surface area contributed by atoms with Crippen molar-refractivity contribution in [3.05, 3.63) is 94.1 Å². The zero-order valence-corrected chi connectivity index (χ0v) is 20.4. The molecule has 0 radical (unpaired) electrons. The maximum atomic E-state index is 14.8. The van der Waals surface area contributed by atoms with Gasteiger partial charge in [0.25, 0.3) is 0 Å². The number of hydrogen-bond acceptors (Lipinski definition) is 1. The van der Waals surface area contributed by atoms with Gasteiger partial charge in [-0.2, -0.15) is 0 Å². The third-order valence-corrected chi connectivity index (χ3v) is 7.22. The van der Waals surface area contributed by atoms with E-state index >= 15 is 0 Å². The molecule has 1 nitrogen and oxygen atoms in total. The van der Waals surface area contributed by atoms with E-state index < -0.39 is 23.3 Å². The zero-order chi connectivity index (χ0) is 24.9. The Hall–Kier alpha value is -2.66. The van der Waals surface area contributed by atoms with E-state index in [1.54, 1.807) is 37.3 Å². The van der Waals surface area contributed by atoms with Crippen LogP contribution in [-0.4, -0.2) is 6.61 Å². The molecule has 0 aliphatic heterocycles. The summed E-state index contributed by atoms with van der Waals surface area (Å²) in [7, 11) is 0.